The Kier molecular flexibility index (Phi) is 12.4. The van der Waals surface area contributed by atoms with E-state index in [1.165, 1.54) is 38.5 Å². The van der Waals surface area contributed by atoms with E-state index in [-0.39, 0.29) is 5.92 Å². The van der Waals surface area contributed by atoms with Gasteiger partial charge in [-0.05, 0) is 31.6 Å². The molecule has 0 aromatic rings. The van der Waals surface area contributed by atoms with Gasteiger partial charge in [-0.15, -0.1) is 0 Å². The maximum Gasteiger partial charge on any atom is 0.135 e. The van der Waals surface area contributed by atoms with Gasteiger partial charge in [0.1, 0.15) is 5.78 Å². The Balaban J connectivity index is 3.09. The van der Waals surface area contributed by atoms with Crippen LogP contribution in [0, 0.1) is 11.8 Å². The van der Waals surface area contributed by atoms with Gasteiger partial charge in [-0.1, -0.05) is 47.0 Å². The summed E-state index contributed by atoms with van der Waals surface area (Å²) >= 11 is 0. The van der Waals surface area contributed by atoms with Crippen molar-refractivity contribution in [2.45, 2.75) is 79.1 Å². The molecule has 0 unspecified atom stereocenters. The van der Waals surface area contributed by atoms with Crippen LogP contribution >= 0.6 is 0 Å². The minimum Gasteiger partial charge on any atom is -0.381 e. The molecule has 0 saturated carbocycles. The first-order valence-electron chi connectivity index (χ1n) is 8.14. The standard InChI is InChI=1S/C17H34O2/c1-15(2)11-10-14-19-13-9-7-5-6-8-12-17(18)16(3)4/h15-16H,5-14H2,1-4H3. The molecular formula is C17H34O2. The van der Waals surface area contributed by atoms with Crippen molar-refractivity contribution < 1.29 is 9.53 Å². The highest BCUT2D eigenvalue weighted by molar-refractivity contribution is 5.80. The van der Waals surface area contributed by atoms with Crippen molar-refractivity contribution in [3.8, 4) is 0 Å². The summed E-state index contributed by atoms with van der Waals surface area (Å²) < 4.78 is 5.61. The van der Waals surface area contributed by atoms with E-state index in [0.29, 0.717) is 5.78 Å². The van der Waals surface area contributed by atoms with Gasteiger partial charge < -0.3 is 4.74 Å². The van der Waals surface area contributed by atoms with E-state index < -0.39 is 0 Å². The lowest BCUT2D eigenvalue weighted by molar-refractivity contribution is -0.122. The number of carbonyl (C=O) groups is 1. The Bertz CT molecular complexity index is 209. The summed E-state index contributed by atoms with van der Waals surface area (Å²) in [5.74, 6) is 1.41. The quantitative estimate of drug-likeness (QED) is 0.440. The topological polar surface area (TPSA) is 26.3 Å². The van der Waals surface area contributed by atoms with E-state index in [9.17, 15) is 4.79 Å². The van der Waals surface area contributed by atoms with Gasteiger partial charge in [-0.2, -0.15) is 0 Å². The van der Waals surface area contributed by atoms with Crippen molar-refractivity contribution in [1.29, 1.82) is 0 Å². The molecule has 0 atom stereocenters. The molecule has 0 rings (SSSR count). The summed E-state index contributed by atoms with van der Waals surface area (Å²) in [6.45, 7) is 10.3. The van der Waals surface area contributed by atoms with Gasteiger partial charge in [0.2, 0.25) is 0 Å². The Morgan fingerprint density at radius 2 is 1.42 bits per heavy atom. The molecule has 0 aromatic carbocycles. The Morgan fingerprint density at radius 3 is 2.05 bits per heavy atom. The highest BCUT2D eigenvalue weighted by Gasteiger charge is 2.05. The van der Waals surface area contributed by atoms with Crippen molar-refractivity contribution in [3.05, 3.63) is 0 Å². The average molecular weight is 270 g/mol. The second-order valence-electron chi connectivity index (χ2n) is 6.29. The summed E-state index contributed by atoms with van der Waals surface area (Å²) in [7, 11) is 0. The lowest BCUT2D eigenvalue weighted by atomic mass is 10.0. The Morgan fingerprint density at radius 1 is 0.842 bits per heavy atom. The molecule has 0 spiro atoms. The van der Waals surface area contributed by atoms with Gasteiger partial charge in [0.05, 0.1) is 0 Å². The third kappa shape index (κ3) is 13.9. The Hall–Kier alpha value is -0.370. The first kappa shape index (κ1) is 18.6. The molecule has 0 aliphatic rings. The van der Waals surface area contributed by atoms with Crippen LogP contribution in [-0.4, -0.2) is 19.0 Å². The van der Waals surface area contributed by atoms with Crippen LogP contribution in [0.5, 0.6) is 0 Å². The fourth-order valence-corrected chi connectivity index (χ4v) is 2.02. The maximum atomic E-state index is 11.4. The van der Waals surface area contributed by atoms with Crippen LogP contribution in [0.15, 0.2) is 0 Å². The Labute approximate surface area is 120 Å². The number of ether oxygens (including phenoxy) is 1. The molecule has 0 fully saturated rings. The minimum absolute atomic E-state index is 0.208. The molecule has 0 aliphatic carbocycles. The third-order valence-corrected chi connectivity index (χ3v) is 3.43. The number of carbonyl (C=O) groups excluding carboxylic acids is 1. The summed E-state index contributed by atoms with van der Waals surface area (Å²) in [4.78, 5) is 11.4. The SMILES string of the molecule is CC(C)CCCOCCCCCCCC(=O)C(C)C. The van der Waals surface area contributed by atoms with Gasteiger partial charge in [0, 0.05) is 25.6 Å². The molecule has 0 amide bonds. The summed E-state index contributed by atoms with van der Waals surface area (Å²) in [6.07, 6.45) is 9.11. The molecule has 2 heteroatoms. The third-order valence-electron chi connectivity index (χ3n) is 3.43. The minimum atomic E-state index is 0.208. The van der Waals surface area contributed by atoms with Gasteiger partial charge in [0.25, 0.3) is 0 Å². The normalized spacial score (nSPS) is 11.5. The summed E-state index contributed by atoms with van der Waals surface area (Å²) in [5.41, 5.74) is 0. The second-order valence-corrected chi connectivity index (χ2v) is 6.29. The summed E-state index contributed by atoms with van der Waals surface area (Å²) in [5, 5.41) is 0. The molecule has 19 heavy (non-hydrogen) atoms. The van der Waals surface area contributed by atoms with E-state index >= 15 is 0 Å². The monoisotopic (exact) mass is 270 g/mol. The first-order chi connectivity index (χ1) is 9.04. The molecule has 0 radical (unpaired) electrons. The van der Waals surface area contributed by atoms with E-state index in [0.717, 1.165) is 32.0 Å². The number of hydrogen-bond acceptors (Lipinski definition) is 2. The number of hydrogen-bond donors (Lipinski definition) is 0. The molecule has 0 heterocycles. The second kappa shape index (κ2) is 12.7. The number of ketones is 1. The van der Waals surface area contributed by atoms with Crippen LogP contribution in [-0.2, 0) is 9.53 Å². The van der Waals surface area contributed by atoms with Crippen LogP contribution in [0.1, 0.15) is 79.1 Å². The van der Waals surface area contributed by atoms with E-state index in [2.05, 4.69) is 13.8 Å². The van der Waals surface area contributed by atoms with Crippen molar-refractivity contribution in [2.24, 2.45) is 11.8 Å². The maximum absolute atomic E-state index is 11.4. The zero-order chi connectivity index (χ0) is 14.5. The van der Waals surface area contributed by atoms with Crippen molar-refractivity contribution in [3.63, 3.8) is 0 Å². The van der Waals surface area contributed by atoms with E-state index in [1.54, 1.807) is 0 Å². The van der Waals surface area contributed by atoms with Crippen LogP contribution in [0.4, 0.5) is 0 Å². The highest BCUT2D eigenvalue weighted by Crippen LogP contribution is 2.09. The molecule has 0 bridgehead atoms. The molecule has 0 aromatic heterocycles. The van der Waals surface area contributed by atoms with Gasteiger partial charge in [-0.3, -0.25) is 4.79 Å². The smallest absolute Gasteiger partial charge is 0.135 e. The van der Waals surface area contributed by atoms with Gasteiger partial charge in [-0.25, -0.2) is 0 Å². The average Bonchev–Trinajstić information content (AvgIpc) is 2.35. The number of unbranched alkanes of at least 4 members (excludes halogenated alkanes) is 4. The fraction of sp³-hybridized carbons (Fsp3) is 0.941. The van der Waals surface area contributed by atoms with Crippen LogP contribution in [0.25, 0.3) is 0 Å². The lowest BCUT2D eigenvalue weighted by Crippen LogP contribution is -2.06. The summed E-state index contributed by atoms with van der Waals surface area (Å²) in [6, 6.07) is 0. The predicted octanol–water partition coefficient (Wildman–Crippen LogP) is 5.00. The molecule has 0 aliphatic heterocycles. The zero-order valence-corrected chi connectivity index (χ0v) is 13.5. The highest BCUT2D eigenvalue weighted by atomic mass is 16.5. The van der Waals surface area contributed by atoms with Crippen LogP contribution < -0.4 is 0 Å². The predicted molar refractivity (Wildman–Crippen MR) is 82.4 cm³/mol. The first-order valence-corrected chi connectivity index (χ1v) is 8.14. The number of Topliss-reactive ketones (excluding diaryl/α,β-unsaturated/α-hetero) is 1. The van der Waals surface area contributed by atoms with Crippen LogP contribution in [0.3, 0.4) is 0 Å². The molecule has 0 N–H and O–H groups in total. The lowest BCUT2D eigenvalue weighted by Gasteiger charge is -2.06. The van der Waals surface area contributed by atoms with Crippen molar-refractivity contribution >= 4 is 5.78 Å². The molecular weight excluding hydrogens is 236 g/mol. The van der Waals surface area contributed by atoms with Crippen molar-refractivity contribution in [1.82, 2.24) is 0 Å². The van der Waals surface area contributed by atoms with Crippen LogP contribution in [0.2, 0.25) is 0 Å². The fourth-order valence-electron chi connectivity index (χ4n) is 2.02. The van der Waals surface area contributed by atoms with E-state index in [1.807, 2.05) is 13.8 Å². The molecule has 2 nitrogen and oxygen atoms in total. The molecule has 114 valence electrons. The largest absolute Gasteiger partial charge is 0.381 e. The zero-order valence-electron chi connectivity index (χ0n) is 13.5. The van der Waals surface area contributed by atoms with Gasteiger partial charge >= 0.3 is 0 Å². The van der Waals surface area contributed by atoms with E-state index in [4.69, 9.17) is 4.74 Å². The molecule has 0 saturated heterocycles. The van der Waals surface area contributed by atoms with Gasteiger partial charge in [0.15, 0.2) is 0 Å². The number of rotatable bonds is 13. The van der Waals surface area contributed by atoms with Crippen molar-refractivity contribution in [2.75, 3.05) is 13.2 Å².